The van der Waals surface area contributed by atoms with E-state index in [4.69, 9.17) is 0 Å². The monoisotopic (exact) mass is 435 g/mol. The maximum Gasteiger partial charge on any atom is 0.0590 e. The standard InChI is InChI=1S/C27H41N5/c1-6-11-12-23-21-31(26-17-13-24(14-18-26)29(7-2)8-3)28-32(22-23)27-19-15-25(16-20-27)30(9-4)10-5/h13-21,28H,6-12,22H2,1-5H3. The van der Waals surface area contributed by atoms with Gasteiger partial charge < -0.3 is 9.80 Å². The minimum atomic E-state index is 0.901. The molecule has 3 rings (SSSR count). The first-order valence-corrected chi connectivity index (χ1v) is 12.4. The molecule has 0 spiro atoms. The van der Waals surface area contributed by atoms with Gasteiger partial charge in [0.05, 0.1) is 17.9 Å². The Morgan fingerprint density at radius 1 is 0.719 bits per heavy atom. The Bertz CT molecular complexity index is 835. The summed E-state index contributed by atoms with van der Waals surface area (Å²) in [6.45, 7) is 16.1. The number of hydrogen-bond acceptors (Lipinski definition) is 5. The first-order valence-electron chi connectivity index (χ1n) is 12.4. The maximum atomic E-state index is 3.61. The molecule has 0 radical (unpaired) electrons. The van der Waals surface area contributed by atoms with Gasteiger partial charge in [-0.05, 0) is 94.6 Å². The number of hydrogen-bond donors (Lipinski definition) is 1. The van der Waals surface area contributed by atoms with E-state index in [0.29, 0.717) is 0 Å². The predicted octanol–water partition coefficient (Wildman–Crippen LogP) is 6.20. The van der Waals surface area contributed by atoms with E-state index in [-0.39, 0.29) is 0 Å². The number of rotatable bonds is 11. The summed E-state index contributed by atoms with van der Waals surface area (Å²) in [5, 5.41) is 4.42. The summed E-state index contributed by atoms with van der Waals surface area (Å²) in [4.78, 5) is 4.75. The molecule has 0 aliphatic carbocycles. The molecule has 0 unspecified atom stereocenters. The highest BCUT2D eigenvalue weighted by Crippen LogP contribution is 2.27. The Labute approximate surface area is 195 Å². The molecule has 0 amide bonds. The van der Waals surface area contributed by atoms with Crippen LogP contribution in [0, 0.1) is 0 Å². The van der Waals surface area contributed by atoms with Crippen molar-refractivity contribution in [2.75, 3.05) is 52.5 Å². The summed E-state index contributed by atoms with van der Waals surface area (Å²) in [5.41, 5.74) is 9.95. The lowest BCUT2D eigenvalue weighted by Gasteiger charge is -2.38. The van der Waals surface area contributed by atoms with Crippen LogP contribution in [0.5, 0.6) is 0 Å². The second kappa shape index (κ2) is 11.8. The SMILES string of the molecule is CCCCC1=CN(c2ccc(N(CC)CC)cc2)NN(c2ccc(N(CC)CC)cc2)C1. The molecule has 2 aromatic rings. The molecule has 1 aliphatic rings. The average molecular weight is 436 g/mol. The highest BCUT2D eigenvalue weighted by atomic mass is 15.8. The van der Waals surface area contributed by atoms with Crippen molar-refractivity contribution in [1.82, 2.24) is 5.53 Å². The van der Waals surface area contributed by atoms with Gasteiger partial charge >= 0.3 is 0 Å². The molecule has 0 saturated heterocycles. The van der Waals surface area contributed by atoms with Crippen molar-refractivity contribution in [3.8, 4) is 0 Å². The molecule has 0 bridgehead atoms. The van der Waals surface area contributed by atoms with E-state index in [1.807, 2.05) is 0 Å². The van der Waals surface area contributed by atoms with Crippen LogP contribution in [0.4, 0.5) is 22.7 Å². The van der Waals surface area contributed by atoms with Crippen LogP contribution in [0.15, 0.2) is 60.3 Å². The van der Waals surface area contributed by atoms with Gasteiger partial charge in [-0.25, -0.2) is 0 Å². The fraction of sp³-hybridized carbons (Fsp3) is 0.481. The first-order chi connectivity index (χ1) is 15.6. The van der Waals surface area contributed by atoms with Crippen LogP contribution in [0.3, 0.4) is 0 Å². The Kier molecular flexibility index (Phi) is 8.86. The second-order valence-electron chi connectivity index (χ2n) is 8.32. The molecule has 0 atom stereocenters. The van der Waals surface area contributed by atoms with Gasteiger partial charge in [-0.1, -0.05) is 13.3 Å². The lowest BCUT2D eigenvalue weighted by molar-refractivity contribution is 0.602. The molecule has 5 nitrogen and oxygen atoms in total. The fourth-order valence-electron chi connectivity index (χ4n) is 4.29. The smallest absolute Gasteiger partial charge is 0.0590 e. The first kappa shape index (κ1) is 24.0. The van der Waals surface area contributed by atoms with Crippen molar-refractivity contribution in [1.29, 1.82) is 0 Å². The highest BCUT2D eigenvalue weighted by Gasteiger charge is 2.19. The van der Waals surface area contributed by atoms with E-state index in [9.17, 15) is 0 Å². The molecule has 2 aromatic carbocycles. The van der Waals surface area contributed by atoms with Gasteiger partial charge in [-0.2, -0.15) is 0 Å². The summed E-state index contributed by atoms with van der Waals surface area (Å²) < 4.78 is 0. The van der Waals surface area contributed by atoms with Crippen molar-refractivity contribution < 1.29 is 0 Å². The normalized spacial score (nSPS) is 13.8. The lowest BCUT2D eigenvalue weighted by atomic mass is 10.1. The number of nitrogens with one attached hydrogen (secondary N) is 1. The third-order valence-corrected chi connectivity index (χ3v) is 6.30. The lowest BCUT2D eigenvalue weighted by Crippen LogP contribution is -2.52. The number of hydrazine groups is 2. The molecule has 1 N–H and O–H groups in total. The summed E-state index contributed by atoms with van der Waals surface area (Å²) >= 11 is 0. The number of nitrogens with zero attached hydrogens (tertiary/aromatic N) is 4. The van der Waals surface area contributed by atoms with Crippen LogP contribution in [-0.4, -0.2) is 32.7 Å². The van der Waals surface area contributed by atoms with Crippen molar-refractivity contribution >= 4 is 22.7 Å². The van der Waals surface area contributed by atoms with E-state index in [2.05, 4.69) is 115 Å². The zero-order valence-electron chi connectivity index (χ0n) is 20.6. The average Bonchev–Trinajstić information content (AvgIpc) is 2.85. The van der Waals surface area contributed by atoms with Crippen molar-refractivity contribution in [2.24, 2.45) is 0 Å². The number of benzene rings is 2. The van der Waals surface area contributed by atoms with E-state index in [1.165, 1.54) is 35.5 Å². The molecule has 1 aliphatic heterocycles. The third-order valence-electron chi connectivity index (χ3n) is 6.30. The molecule has 0 saturated carbocycles. The predicted molar refractivity (Wildman–Crippen MR) is 141 cm³/mol. The molecule has 0 aromatic heterocycles. The summed E-state index contributed by atoms with van der Waals surface area (Å²) in [5.74, 6) is 0. The van der Waals surface area contributed by atoms with Gasteiger partial charge in [0.15, 0.2) is 0 Å². The van der Waals surface area contributed by atoms with Gasteiger partial charge in [0.25, 0.3) is 0 Å². The van der Waals surface area contributed by atoms with Crippen molar-refractivity contribution in [3.63, 3.8) is 0 Å². The van der Waals surface area contributed by atoms with Gasteiger partial charge in [-0.15, -0.1) is 5.53 Å². The van der Waals surface area contributed by atoms with Crippen LogP contribution in [-0.2, 0) is 0 Å². The van der Waals surface area contributed by atoms with E-state index in [0.717, 1.165) is 44.8 Å². The van der Waals surface area contributed by atoms with Crippen LogP contribution < -0.4 is 25.4 Å². The largest absolute Gasteiger partial charge is 0.372 e. The zero-order chi connectivity index (χ0) is 22.9. The summed E-state index contributed by atoms with van der Waals surface area (Å²) in [7, 11) is 0. The Morgan fingerprint density at radius 3 is 1.69 bits per heavy atom. The maximum absolute atomic E-state index is 3.61. The molecule has 0 fully saturated rings. The Balaban J connectivity index is 1.82. The topological polar surface area (TPSA) is 25.0 Å². The number of anilines is 4. The van der Waals surface area contributed by atoms with Gasteiger partial charge in [0.2, 0.25) is 0 Å². The molecular weight excluding hydrogens is 394 g/mol. The molecule has 174 valence electrons. The van der Waals surface area contributed by atoms with Crippen molar-refractivity contribution in [3.05, 3.63) is 60.3 Å². The zero-order valence-corrected chi connectivity index (χ0v) is 20.6. The molecule has 5 heteroatoms. The van der Waals surface area contributed by atoms with E-state index < -0.39 is 0 Å². The van der Waals surface area contributed by atoms with Gasteiger partial charge in [0, 0.05) is 43.8 Å². The Morgan fingerprint density at radius 2 is 1.22 bits per heavy atom. The molecule has 32 heavy (non-hydrogen) atoms. The Hall–Kier alpha value is -2.66. The van der Waals surface area contributed by atoms with Gasteiger partial charge in [0.1, 0.15) is 0 Å². The van der Waals surface area contributed by atoms with E-state index >= 15 is 0 Å². The summed E-state index contributed by atoms with van der Waals surface area (Å²) in [6, 6.07) is 17.8. The van der Waals surface area contributed by atoms with Crippen LogP contribution in [0.1, 0.15) is 53.9 Å². The minimum absolute atomic E-state index is 0.901. The minimum Gasteiger partial charge on any atom is -0.372 e. The molecule has 1 heterocycles. The third kappa shape index (κ3) is 5.77. The van der Waals surface area contributed by atoms with E-state index in [1.54, 1.807) is 0 Å². The fourth-order valence-corrected chi connectivity index (χ4v) is 4.29. The highest BCUT2D eigenvalue weighted by molar-refractivity contribution is 5.61. The van der Waals surface area contributed by atoms with Gasteiger partial charge in [-0.3, -0.25) is 10.0 Å². The quantitative estimate of drug-likeness (QED) is 0.453. The number of unbranched alkanes of at least 4 members (excludes halogenated alkanes) is 1. The summed E-state index contributed by atoms with van der Waals surface area (Å²) in [6.07, 6.45) is 5.83. The second-order valence-corrected chi connectivity index (χ2v) is 8.32. The van der Waals surface area contributed by atoms with Crippen LogP contribution >= 0.6 is 0 Å². The molecular formula is C27H41N5. The van der Waals surface area contributed by atoms with Crippen LogP contribution in [0.25, 0.3) is 0 Å². The van der Waals surface area contributed by atoms with Crippen LogP contribution in [0.2, 0.25) is 0 Å². The van der Waals surface area contributed by atoms with Crippen molar-refractivity contribution in [2.45, 2.75) is 53.9 Å².